The van der Waals surface area contributed by atoms with Gasteiger partial charge in [0.1, 0.15) is 24.7 Å². The molecule has 0 aromatic heterocycles. The third kappa shape index (κ3) is 13.6. The number of ether oxygens (including phenoxy) is 4. The zero-order valence-electron chi connectivity index (χ0n) is 50.3. The second-order valence-corrected chi connectivity index (χ2v) is 23.4. The van der Waals surface area contributed by atoms with E-state index >= 15 is 19.2 Å². The lowest BCUT2D eigenvalue weighted by atomic mass is 9.77. The Kier molecular flexibility index (Phi) is 19.5. The average molecular weight is 1110 g/mol. The van der Waals surface area contributed by atoms with Crippen molar-refractivity contribution >= 4 is 46.5 Å². The van der Waals surface area contributed by atoms with Crippen LogP contribution in [0, 0.1) is 0 Å². The number of likely N-dealkylation sites (N-methyl/N-ethyl adjacent to an activating group) is 2. The van der Waals surface area contributed by atoms with Crippen LogP contribution in [-0.2, 0) is 65.8 Å². The SMILES string of the molecule is CC(C)c1ccc(N(Cc2ccc(N(C)C)cc2)C(=O)C2(OC(=O)C(=O)OC3(C(=O)N(Cc4ccc(N(C)C)cc4)c4ccc(C(C)C)cc4)CCCc4c(OCCN(C)C)cccc43)CCCc3c(OCCN(C)C)cccc32)cc1. The van der Waals surface area contributed by atoms with E-state index in [0.29, 0.717) is 97.1 Å². The van der Waals surface area contributed by atoms with Crippen molar-refractivity contribution in [3.8, 4) is 11.5 Å². The number of anilines is 4. The predicted octanol–water partition coefficient (Wildman–Crippen LogP) is 11.3. The van der Waals surface area contributed by atoms with Gasteiger partial charge in [-0.3, -0.25) is 9.59 Å². The van der Waals surface area contributed by atoms with Crippen molar-refractivity contribution in [2.75, 3.05) is 102 Å². The maximum absolute atomic E-state index is 16.3. The highest BCUT2D eigenvalue weighted by molar-refractivity contribution is 6.31. The fourth-order valence-electron chi connectivity index (χ4n) is 11.0. The van der Waals surface area contributed by atoms with Crippen LogP contribution in [0.2, 0.25) is 0 Å². The standard InChI is InChI=1S/C68H84N6O8/c1-47(2)51-27-35-55(36-28-51)73(45-49-23-31-53(32-24-49)71(9)10)65(77)67(39-15-17-57-59(67)19-13-21-61(57)79-43-41-69(5)6)81-63(75)64(76)82-68(40-16-18-58-60(68)20-14-22-62(58)80-44-42-70(7)8)66(78)74(56-37-29-52(30-38-56)48(3)4)46-50-25-33-54(34-26-50)72(11)12/h13-14,19-38,47-48H,15-18,39-46H2,1-12H3. The van der Waals surface area contributed by atoms with Crippen molar-refractivity contribution in [2.45, 2.75) is 102 Å². The summed E-state index contributed by atoms with van der Waals surface area (Å²) in [7, 11) is 15.8. The van der Waals surface area contributed by atoms with Gasteiger partial charge in [-0.25, -0.2) is 9.59 Å². The zero-order valence-corrected chi connectivity index (χ0v) is 50.3. The number of benzene rings is 6. The van der Waals surface area contributed by atoms with E-state index in [1.165, 1.54) is 0 Å². The molecule has 0 N–H and O–H groups in total. The number of hydrogen-bond acceptors (Lipinski definition) is 12. The first kappa shape index (κ1) is 60.4. The fraction of sp³-hybridized carbons (Fsp3) is 0.412. The molecule has 0 heterocycles. The average Bonchev–Trinajstić information content (AvgIpc) is 1.67. The van der Waals surface area contributed by atoms with Gasteiger partial charge in [-0.15, -0.1) is 0 Å². The lowest BCUT2D eigenvalue weighted by Gasteiger charge is -2.42. The molecule has 14 nitrogen and oxygen atoms in total. The van der Waals surface area contributed by atoms with Gasteiger partial charge in [0, 0.05) is 99.1 Å². The molecule has 434 valence electrons. The maximum atomic E-state index is 16.3. The van der Waals surface area contributed by atoms with E-state index in [4.69, 9.17) is 18.9 Å². The first-order valence-corrected chi connectivity index (χ1v) is 28.8. The number of rotatable bonds is 22. The number of amides is 2. The topological polar surface area (TPSA) is 125 Å². The summed E-state index contributed by atoms with van der Waals surface area (Å²) < 4.78 is 26.3. The minimum Gasteiger partial charge on any atom is -0.492 e. The summed E-state index contributed by atoms with van der Waals surface area (Å²) in [4.78, 5) is 75.0. The van der Waals surface area contributed by atoms with Gasteiger partial charge in [-0.1, -0.05) is 100 Å². The Labute approximate surface area is 486 Å². The van der Waals surface area contributed by atoms with Crippen LogP contribution in [0.3, 0.4) is 0 Å². The highest BCUT2D eigenvalue weighted by atomic mass is 16.6. The highest BCUT2D eigenvalue weighted by Gasteiger charge is 2.55. The second kappa shape index (κ2) is 26.5. The van der Waals surface area contributed by atoms with Crippen molar-refractivity contribution in [2.24, 2.45) is 0 Å². The summed E-state index contributed by atoms with van der Waals surface area (Å²) in [5, 5.41) is 0. The molecule has 2 aliphatic carbocycles. The van der Waals surface area contributed by atoms with Gasteiger partial charge in [0.05, 0.1) is 13.1 Å². The lowest BCUT2D eigenvalue weighted by Crippen LogP contribution is -2.54. The quantitative estimate of drug-likeness (QED) is 0.0475. The van der Waals surface area contributed by atoms with Crippen molar-refractivity contribution in [1.82, 2.24) is 9.80 Å². The molecule has 0 bridgehead atoms. The largest absolute Gasteiger partial charge is 0.492 e. The number of carbonyl (C=O) groups excluding carboxylic acids is 4. The molecule has 2 amide bonds. The molecule has 8 rings (SSSR count). The van der Waals surface area contributed by atoms with Crippen LogP contribution in [0.15, 0.2) is 133 Å². The summed E-state index contributed by atoms with van der Waals surface area (Å²) >= 11 is 0. The Morgan fingerprint density at radius 3 is 1.11 bits per heavy atom. The third-order valence-corrected chi connectivity index (χ3v) is 15.9. The molecular formula is C68H84N6O8. The minimum absolute atomic E-state index is 0.0481. The molecule has 6 aromatic rings. The smallest absolute Gasteiger partial charge is 0.418 e. The number of nitrogens with zero attached hydrogens (tertiary/aromatic N) is 6. The zero-order chi connectivity index (χ0) is 58.9. The van der Waals surface area contributed by atoms with Gasteiger partial charge in [0.15, 0.2) is 0 Å². The van der Waals surface area contributed by atoms with Crippen molar-refractivity contribution in [3.05, 3.63) is 178 Å². The fourth-order valence-corrected chi connectivity index (χ4v) is 11.0. The van der Waals surface area contributed by atoms with Gasteiger partial charge in [-0.05, 0) is 149 Å². The molecule has 0 spiro atoms. The highest BCUT2D eigenvalue weighted by Crippen LogP contribution is 2.47. The molecule has 2 aliphatic rings. The molecule has 6 aromatic carbocycles. The van der Waals surface area contributed by atoms with Crippen LogP contribution in [0.4, 0.5) is 22.7 Å². The Bertz CT molecular complexity index is 2940. The van der Waals surface area contributed by atoms with E-state index in [1.807, 2.05) is 185 Å². The first-order valence-electron chi connectivity index (χ1n) is 28.8. The summed E-state index contributed by atoms with van der Waals surface area (Å²) in [5.74, 6) is -2.32. The van der Waals surface area contributed by atoms with Crippen LogP contribution >= 0.6 is 0 Å². The Hall–Kier alpha value is -7.68. The summed E-state index contributed by atoms with van der Waals surface area (Å²) in [5.41, 5.74) is 5.15. The third-order valence-electron chi connectivity index (χ3n) is 15.9. The number of carbonyl (C=O) groups is 4. The molecule has 2 atom stereocenters. The van der Waals surface area contributed by atoms with Crippen LogP contribution in [-0.4, -0.2) is 116 Å². The molecular weight excluding hydrogens is 1030 g/mol. The van der Waals surface area contributed by atoms with Gasteiger partial charge < -0.3 is 48.3 Å². The van der Waals surface area contributed by atoms with Crippen molar-refractivity contribution in [3.63, 3.8) is 0 Å². The summed E-state index contributed by atoms with van der Waals surface area (Å²) in [6, 6.07) is 42.6. The molecule has 82 heavy (non-hydrogen) atoms. The van der Waals surface area contributed by atoms with Crippen LogP contribution < -0.4 is 29.1 Å². The van der Waals surface area contributed by atoms with E-state index in [-0.39, 0.29) is 37.8 Å². The molecule has 2 unspecified atom stereocenters. The monoisotopic (exact) mass is 1110 g/mol. The minimum atomic E-state index is -2.05. The summed E-state index contributed by atoms with van der Waals surface area (Å²) in [6.07, 6.45) is 1.98. The van der Waals surface area contributed by atoms with Crippen molar-refractivity contribution < 1.29 is 38.1 Å². The second-order valence-electron chi connectivity index (χ2n) is 23.4. The number of hydrogen-bond donors (Lipinski definition) is 0. The number of esters is 2. The maximum Gasteiger partial charge on any atom is 0.418 e. The van der Waals surface area contributed by atoms with Crippen LogP contribution in [0.5, 0.6) is 11.5 Å². The Balaban J connectivity index is 1.26. The van der Waals surface area contributed by atoms with E-state index in [1.54, 1.807) is 34.1 Å². The van der Waals surface area contributed by atoms with Crippen LogP contribution in [0.25, 0.3) is 0 Å². The summed E-state index contributed by atoms with van der Waals surface area (Å²) in [6.45, 7) is 10.7. The Morgan fingerprint density at radius 2 is 0.793 bits per heavy atom. The number of fused-ring (bicyclic) bond motifs is 2. The molecule has 0 radical (unpaired) electrons. The molecule has 14 heteroatoms. The first-order chi connectivity index (χ1) is 39.2. The van der Waals surface area contributed by atoms with E-state index < -0.39 is 35.0 Å². The van der Waals surface area contributed by atoms with Gasteiger partial charge in [-0.2, -0.15) is 0 Å². The van der Waals surface area contributed by atoms with Crippen LogP contribution in [0.1, 0.15) is 110 Å². The molecule has 0 saturated heterocycles. The predicted molar refractivity (Wildman–Crippen MR) is 327 cm³/mol. The molecule has 0 saturated carbocycles. The van der Waals surface area contributed by atoms with Gasteiger partial charge in [0.25, 0.3) is 11.8 Å². The van der Waals surface area contributed by atoms with E-state index in [0.717, 1.165) is 33.6 Å². The van der Waals surface area contributed by atoms with E-state index in [2.05, 4.69) is 27.7 Å². The lowest BCUT2D eigenvalue weighted by molar-refractivity contribution is -0.192. The van der Waals surface area contributed by atoms with E-state index in [9.17, 15) is 0 Å². The normalized spacial score (nSPS) is 16.5. The molecule has 0 fully saturated rings. The van der Waals surface area contributed by atoms with Gasteiger partial charge >= 0.3 is 11.9 Å². The van der Waals surface area contributed by atoms with Crippen molar-refractivity contribution in [1.29, 1.82) is 0 Å². The van der Waals surface area contributed by atoms with Gasteiger partial charge in [0.2, 0.25) is 11.2 Å². The molecule has 0 aliphatic heterocycles. The Morgan fingerprint density at radius 1 is 0.451 bits per heavy atom.